The Morgan fingerprint density at radius 3 is 2.63 bits per heavy atom. The minimum atomic E-state index is -0.195. The van der Waals surface area contributed by atoms with E-state index in [1.807, 2.05) is 66.1 Å². The van der Waals surface area contributed by atoms with E-state index in [1.165, 1.54) is 0 Å². The number of carbonyl (C=O) groups is 1. The predicted octanol–water partition coefficient (Wildman–Crippen LogP) is 5.13. The number of hydrogen-bond donors (Lipinski definition) is 0. The van der Waals surface area contributed by atoms with E-state index in [1.54, 1.807) is 24.8 Å². The Morgan fingerprint density at radius 2 is 1.81 bits per heavy atom. The molecule has 0 spiro atoms. The Bertz CT molecular complexity index is 1130. The van der Waals surface area contributed by atoms with E-state index in [4.69, 9.17) is 11.6 Å². The van der Waals surface area contributed by atoms with Gasteiger partial charge in [-0.05, 0) is 48.4 Å². The number of rotatable bonds is 4. The highest BCUT2D eigenvalue weighted by atomic mass is 35.5. The van der Waals surface area contributed by atoms with Crippen molar-refractivity contribution in [3.05, 3.63) is 101 Å². The molecular formula is C22H16ClN3O. The van der Waals surface area contributed by atoms with Crippen molar-refractivity contribution in [3.63, 3.8) is 0 Å². The average Bonchev–Trinajstić information content (AvgIpc) is 3.18. The lowest BCUT2D eigenvalue weighted by Crippen LogP contribution is -2.04. The minimum Gasteiger partial charge on any atom is -0.306 e. The van der Waals surface area contributed by atoms with Gasteiger partial charge in [-0.15, -0.1) is 0 Å². The SMILES string of the molecule is Cc1ccnc(C(=O)c2cn(-c3cccc(-c4ccccc4Cl)c3)cn2)c1. The molecule has 2 aromatic carbocycles. The molecule has 4 aromatic rings. The molecule has 0 N–H and O–H groups in total. The van der Waals surface area contributed by atoms with E-state index in [-0.39, 0.29) is 5.78 Å². The normalized spacial score (nSPS) is 10.7. The van der Waals surface area contributed by atoms with Gasteiger partial charge in [0, 0.05) is 28.7 Å². The molecule has 0 radical (unpaired) electrons. The predicted molar refractivity (Wildman–Crippen MR) is 106 cm³/mol. The number of aryl methyl sites for hydroxylation is 1. The van der Waals surface area contributed by atoms with E-state index in [0.29, 0.717) is 16.4 Å². The highest BCUT2D eigenvalue weighted by Gasteiger charge is 2.14. The number of carbonyl (C=O) groups excluding carboxylic acids is 1. The van der Waals surface area contributed by atoms with Gasteiger partial charge < -0.3 is 4.57 Å². The standard InChI is InChI=1S/C22H16ClN3O/c1-15-9-10-24-20(11-15)22(27)21-13-26(14-25-21)17-6-4-5-16(12-17)18-7-2-3-8-19(18)23/h2-14H,1H3. The molecule has 0 aliphatic carbocycles. The second-order valence-electron chi connectivity index (χ2n) is 6.24. The summed E-state index contributed by atoms with van der Waals surface area (Å²) in [7, 11) is 0. The van der Waals surface area contributed by atoms with Crippen LogP contribution in [0.25, 0.3) is 16.8 Å². The molecule has 2 aromatic heterocycles. The topological polar surface area (TPSA) is 47.8 Å². The van der Waals surface area contributed by atoms with Gasteiger partial charge in [0.05, 0.1) is 0 Å². The first-order valence-corrected chi connectivity index (χ1v) is 8.86. The van der Waals surface area contributed by atoms with Crippen molar-refractivity contribution in [3.8, 4) is 16.8 Å². The summed E-state index contributed by atoms with van der Waals surface area (Å²) in [6.45, 7) is 1.93. The first-order chi connectivity index (χ1) is 13.1. The van der Waals surface area contributed by atoms with Gasteiger partial charge in [-0.3, -0.25) is 9.78 Å². The van der Waals surface area contributed by atoms with Crippen LogP contribution in [-0.4, -0.2) is 20.3 Å². The molecule has 2 heterocycles. The molecular weight excluding hydrogens is 358 g/mol. The van der Waals surface area contributed by atoms with Crippen LogP contribution in [0.2, 0.25) is 5.02 Å². The smallest absolute Gasteiger partial charge is 0.231 e. The summed E-state index contributed by atoms with van der Waals surface area (Å²) in [6.07, 6.45) is 4.99. The molecule has 132 valence electrons. The molecule has 5 heteroatoms. The monoisotopic (exact) mass is 373 g/mol. The van der Waals surface area contributed by atoms with Gasteiger partial charge >= 0.3 is 0 Å². The summed E-state index contributed by atoms with van der Waals surface area (Å²) in [5, 5.41) is 0.696. The second-order valence-corrected chi connectivity index (χ2v) is 6.65. The maximum absolute atomic E-state index is 12.6. The van der Waals surface area contributed by atoms with Crippen molar-refractivity contribution in [1.29, 1.82) is 0 Å². The van der Waals surface area contributed by atoms with Crippen molar-refractivity contribution in [2.75, 3.05) is 0 Å². The minimum absolute atomic E-state index is 0.195. The van der Waals surface area contributed by atoms with Gasteiger partial charge in [0.2, 0.25) is 5.78 Å². The van der Waals surface area contributed by atoms with Crippen LogP contribution < -0.4 is 0 Å². The van der Waals surface area contributed by atoms with Crippen molar-refractivity contribution in [2.45, 2.75) is 6.92 Å². The molecule has 0 saturated carbocycles. The van der Waals surface area contributed by atoms with Gasteiger partial charge in [-0.1, -0.05) is 41.9 Å². The van der Waals surface area contributed by atoms with E-state index >= 15 is 0 Å². The summed E-state index contributed by atoms with van der Waals surface area (Å²) in [4.78, 5) is 21.0. The molecule has 0 unspecified atom stereocenters. The largest absolute Gasteiger partial charge is 0.306 e. The maximum atomic E-state index is 12.6. The maximum Gasteiger partial charge on any atom is 0.231 e. The van der Waals surface area contributed by atoms with Crippen molar-refractivity contribution >= 4 is 17.4 Å². The summed E-state index contributed by atoms with van der Waals surface area (Å²) >= 11 is 6.31. The number of benzene rings is 2. The third-order valence-corrected chi connectivity index (χ3v) is 4.62. The van der Waals surface area contributed by atoms with Crippen LogP contribution in [0.15, 0.2) is 79.4 Å². The number of imidazole rings is 1. The van der Waals surface area contributed by atoms with Crippen LogP contribution in [0.3, 0.4) is 0 Å². The zero-order valence-corrected chi connectivity index (χ0v) is 15.4. The summed E-state index contributed by atoms with van der Waals surface area (Å²) < 4.78 is 1.82. The van der Waals surface area contributed by atoms with Crippen molar-refractivity contribution in [2.24, 2.45) is 0 Å². The lowest BCUT2D eigenvalue weighted by atomic mass is 10.1. The Balaban J connectivity index is 1.67. The summed E-state index contributed by atoms with van der Waals surface area (Å²) in [6, 6.07) is 19.3. The number of hydrogen-bond acceptors (Lipinski definition) is 3. The molecule has 0 saturated heterocycles. The number of aromatic nitrogens is 3. The number of halogens is 1. The molecule has 0 aliphatic rings. The highest BCUT2D eigenvalue weighted by molar-refractivity contribution is 6.33. The fourth-order valence-electron chi connectivity index (χ4n) is 2.90. The Labute approximate surface area is 162 Å². The van der Waals surface area contributed by atoms with Crippen LogP contribution in [-0.2, 0) is 0 Å². The molecule has 4 nitrogen and oxygen atoms in total. The molecule has 0 bridgehead atoms. The molecule has 27 heavy (non-hydrogen) atoms. The fourth-order valence-corrected chi connectivity index (χ4v) is 3.15. The Morgan fingerprint density at radius 1 is 0.963 bits per heavy atom. The first kappa shape index (κ1) is 17.2. The van der Waals surface area contributed by atoms with Gasteiger partial charge in [-0.2, -0.15) is 0 Å². The molecule has 0 fully saturated rings. The van der Waals surface area contributed by atoms with E-state index in [0.717, 1.165) is 22.4 Å². The van der Waals surface area contributed by atoms with Crippen LogP contribution in [0.1, 0.15) is 21.7 Å². The summed E-state index contributed by atoms with van der Waals surface area (Å²) in [5.74, 6) is -0.195. The van der Waals surface area contributed by atoms with Gasteiger partial charge in [0.1, 0.15) is 17.7 Å². The lowest BCUT2D eigenvalue weighted by molar-refractivity contribution is 0.103. The zero-order chi connectivity index (χ0) is 18.8. The van der Waals surface area contributed by atoms with E-state index < -0.39 is 0 Å². The number of nitrogens with zero attached hydrogens (tertiary/aromatic N) is 3. The van der Waals surface area contributed by atoms with Crippen LogP contribution >= 0.6 is 11.6 Å². The number of ketones is 1. The first-order valence-electron chi connectivity index (χ1n) is 8.48. The van der Waals surface area contributed by atoms with Gasteiger partial charge in [-0.25, -0.2) is 4.98 Å². The zero-order valence-electron chi connectivity index (χ0n) is 14.6. The van der Waals surface area contributed by atoms with Crippen molar-refractivity contribution in [1.82, 2.24) is 14.5 Å². The van der Waals surface area contributed by atoms with Crippen LogP contribution in [0.4, 0.5) is 0 Å². The van der Waals surface area contributed by atoms with Crippen LogP contribution in [0.5, 0.6) is 0 Å². The second kappa shape index (κ2) is 7.17. The third kappa shape index (κ3) is 3.52. The van der Waals surface area contributed by atoms with E-state index in [2.05, 4.69) is 9.97 Å². The number of pyridine rings is 1. The van der Waals surface area contributed by atoms with E-state index in [9.17, 15) is 4.79 Å². The molecule has 0 atom stereocenters. The lowest BCUT2D eigenvalue weighted by Gasteiger charge is -2.07. The molecule has 0 aliphatic heterocycles. The van der Waals surface area contributed by atoms with Gasteiger partial charge in [0.15, 0.2) is 0 Å². The van der Waals surface area contributed by atoms with Gasteiger partial charge in [0.25, 0.3) is 0 Å². The highest BCUT2D eigenvalue weighted by Crippen LogP contribution is 2.28. The molecule has 0 amide bonds. The Kier molecular flexibility index (Phi) is 4.57. The quantitative estimate of drug-likeness (QED) is 0.466. The van der Waals surface area contributed by atoms with Crippen LogP contribution in [0, 0.1) is 6.92 Å². The molecule has 4 rings (SSSR count). The van der Waals surface area contributed by atoms with Crippen molar-refractivity contribution < 1.29 is 4.79 Å². The average molecular weight is 374 g/mol. The third-order valence-electron chi connectivity index (χ3n) is 4.29. The fraction of sp³-hybridized carbons (Fsp3) is 0.0455. The summed E-state index contributed by atoms with van der Waals surface area (Å²) in [5.41, 5.74) is 4.60. The Hall–Kier alpha value is -3.24.